The van der Waals surface area contributed by atoms with E-state index in [0.29, 0.717) is 16.5 Å². The largest absolute Gasteiger partial charge is 0.283 e. The number of hydrogen-bond acceptors (Lipinski definition) is 4. The van der Waals surface area contributed by atoms with Crippen molar-refractivity contribution in [3.8, 4) is 17.1 Å². The van der Waals surface area contributed by atoms with E-state index in [1.807, 2.05) is 46.5 Å². The standard InChI is InChI=1S/C24H24ClN5S/c1-17-7-9-19(10-8-17)15-28(3)16-29-24(31)30(22-6-4-5-21(25)18(22)2)23(27-29)20-11-13-26-14-12-20/h4-14H,15-16H2,1-3H3. The average Bonchev–Trinajstić information content (AvgIpc) is 3.08. The van der Waals surface area contributed by atoms with Crippen LogP contribution in [0.4, 0.5) is 0 Å². The van der Waals surface area contributed by atoms with Gasteiger partial charge in [0, 0.05) is 29.5 Å². The Bertz CT molecular complexity index is 1250. The highest BCUT2D eigenvalue weighted by molar-refractivity contribution is 7.71. The first-order valence-corrected chi connectivity index (χ1v) is 10.8. The van der Waals surface area contributed by atoms with Gasteiger partial charge in [0.05, 0.1) is 12.4 Å². The molecule has 2 aromatic carbocycles. The van der Waals surface area contributed by atoms with Crippen LogP contribution in [-0.2, 0) is 13.2 Å². The smallest absolute Gasteiger partial charge is 0.204 e. The number of nitrogens with zero attached hydrogens (tertiary/aromatic N) is 5. The zero-order valence-electron chi connectivity index (χ0n) is 17.8. The monoisotopic (exact) mass is 449 g/mol. The lowest BCUT2D eigenvalue weighted by molar-refractivity contribution is 0.244. The molecule has 158 valence electrons. The predicted molar refractivity (Wildman–Crippen MR) is 128 cm³/mol. The van der Waals surface area contributed by atoms with Crippen molar-refractivity contribution in [1.82, 2.24) is 24.2 Å². The molecule has 0 aliphatic carbocycles. The van der Waals surface area contributed by atoms with Gasteiger partial charge in [-0.1, -0.05) is 47.5 Å². The molecule has 0 fully saturated rings. The quantitative estimate of drug-likeness (QED) is 0.347. The Balaban J connectivity index is 1.74. The highest BCUT2D eigenvalue weighted by Crippen LogP contribution is 2.27. The fraction of sp³-hybridized carbons (Fsp3) is 0.208. The molecule has 0 amide bonds. The van der Waals surface area contributed by atoms with Crippen molar-refractivity contribution in [2.24, 2.45) is 0 Å². The molecule has 0 bridgehead atoms. The van der Waals surface area contributed by atoms with E-state index in [0.717, 1.165) is 29.2 Å². The van der Waals surface area contributed by atoms with Crippen molar-refractivity contribution in [3.63, 3.8) is 0 Å². The third-order valence-electron chi connectivity index (χ3n) is 5.21. The average molecular weight is 450 g/mol. The summed E-state index contributed by atoms with van der Waals surface area (Å²) in [6.45, 7) is 5.46. The number of benzene rings is 2. The summed E-state index contributed by atoms with van der Waals surface area (Å²) in [6.07, 6.45) is 3.52. The second-order valence-electron chi connectivity index (χ2n) is 7.70. The molecule has 31 heavy (non-hydrogen) atoms. The lowest BCUT2D eigenvalue weighted by Crippen LogP contribution is -2.22. The zero-order valence-corrected chi connectivity index (χ0v) is 19.4. The molecule has 0 radical (unpaired) electrons. The number of hydrogen-bond donors (Lipinski definition) is 0. The van der Waals surface area contributed by atoms with Gasteiger partial charge < -0.3 is 0 Å². The van der Waals surface area contributed by atoms with Gasteiger partial charge in [0.15, 0.2) is 5.82 Å². The van der Waals surface area contributed by atoms with E-state index in [-0.39, 0.29) is 0 Å². The molecular formula is C24H24ClN5S. The zero-order chi connectivity index (χ0) is 22.0. The third kappa shape index (κ3) is 4.61. The molecule has 0 spiro atoms. The molecule has 0 saturated heterocycles. The van der Waals surface area contributed by atoms with E-state index in [1.165, 1.54) is 11.1 Å². The molecule has 2 heterocycles. The van der Waals surface area contributed by atoms with Gasteiger partial charge in [0.25, 0.3) is 0 Å². The van der Waals surface area contributed by atoms with Crippen LogP contribution in [0.3, 0.4) is 0 Å². The van der Waals surface area contributed by atoms with E-state index in [4.69, 9.17) is 28.9 Å². The fourth-order valence-corrected chi connectivity index (χ4v) is 3.98. The highest BCUT2D eigenvalue weighted by Gasteiger charge is 2.17. The Morgan fingerprint density at radius 3 is 2.42 bits per heavy atom. The van der Waals surface area contributed by atoms with Crippen LogP contribution in [0.2, 0.25) is 5.02 Å². The molecule has 0 aliphatic heterocycles. The highest BCUT2D eigenvalue weighted by atomic mass is 35.5. The van der Waals surface area contributed by atoms with Crippen molar-refractivity contribution < 1.29 is 0 Å². The predicted octanol–water partition coefficient (Wildman–Crippen LogP) is 5.83. The summed E-state index contributed by atoms with van der Waals surface area (Å²) in [5.41, 5.74) is 5.34. The molecule has 5 nitrogen and oxygen atoms in total. The lowest BCUT2D eigenvalue weighted by atomic mass is 10.1. The second kappa shape index (κ2) is 9.14. The van der Waals surface area contributed by atoms with Gasteiger partial charge in [-0.05, 0) is 68.5 Å². The van der Waals surface area contributed by atoms with Gasteiger partial charge in [-0.25, -0.2) is 4.68 Å². The van der Waals surface area contributed by atoms with Crippen molar-refractivity contribution in [2.75, 3.05) is 7.05 Å². The van der Waals surface area contributed by atoms with Crippen LogP contribution in [-0.4, -0.2) is 31.3 Å². The molecule has 2 aromatic heterocycles. The van der Waals surface area contributed by atoms with Crippen molar-refractivity contribution in [1.29, 1.82) is 0 Å². The summed E-state index contributed by atoms with van der Waals surface area (Å²) in [7, 11) is 2.07. The van der Waals surface area contributed by atoms with Crippen molar-refractivity contribution in [3.05, 3.63) is 93.5 Å². The van der Waals surface area contributed by atoms with E-state index < -0.39 is 0 Å². The van der Waals surface area contributed by atoms with Crippen LogP contribution in [0.25, 0.3) is 17.1 Å². The molecule has 0 saturated carbocycles. The van der Waals surface area contributed by atoms with Crippen molar-refractivity contribution >= 4 is 23.8 Å². The minimum atomic E-state index is 0.567. The summed E-state index contributed by atoms with van der Waals surface area (Å²) in [5, 5.41) is 5.58. The van der Waals surface area contributed by atoms with Crippen LogP contribution in [0.5, 0.6) is 0 Å². The van der Waals surface area contributed by atoms with Crippen molar-refractivity contribution in [2.45, 2.75) is 27.1 Å². The van der Waals surface area contributed by atoms with Crippen LogP contribution >= 0.6 is 23.8 Å². The van der Waals surface area contributed by atoms with Gasteiger partial charge in [-0.15, -0.1) is 5.10 Å². The first kappa shape index (κ1) is 21.4. The normalized spacial score (nSPS) is 11.3. The van der Waals surface area contributed by atoms with Gasteiger partial charge >= 0.3 is 0 Å². The Kier molecular flexibility index (Phi) is 6.32. The molecule has 4 aromatic rings. The third-order valence-corrected chi connectivity index (χ3v) is 6.01. The Hall–Kier alpha value is -2.80. The van der Waals surface area contributed by atoms with E-state index in [2.05, 4.69) is 48.1 Å². The summed E-state index contributed by atoms with van der Waals surface area (Å²) in [6, 6.07) is 18.3. The molecule has 4 rings (SSSR count). The number of halogens is 1. The molecule has 7 heteroatoms. The maximum absolute atomic E-state index is 6.41. The first-order chi connectivity index (χ1) is 14.9. The van der Waals surface area contributed by atoms with Gasteiger partial charge in [0.1, 0.15) is 0 Å². The number of aromatic nitrogens is 4. The van der Waals surface area contributed by atoms with Crippen LogP contribution < -0.4 is 0 Å². The first-order valence-electron chi connectivity index (χ1n) is 10.0. The van der Waals surface area contributed by atoms with Crippen LogP contribution in [0.1, 0.15) is 16.7 Å². The van der Waals surface area contributed by atoms with Gasteiger partial charge in [-0.3, -0.25) is 14.5 Å². The van der Waals surface area contributed by atoms with E-state index in [9.17, 15) is 0 Å². The number of pyridine rings is 1. The Morgan fingerprint density at radius 1 is 1.00 bits per heavy atom. The molecule has 0 unspecified atom stereocenters. The van der Waals surface area contributed by atoms with E-state index >= 15 is 0 Å². The lowest BCUT2D eigenvalue weighted by Gasteiger charge is -2.16. The maximum Gasteiger partial charge on any atom is 0.204 e. The number of aryl methyl sites for hydroxylation is 1. The van der Waals surface area contributed by atoms with Crippen LogP contribution in [0, 0.1) is 18.6 Å². The van der Waals surface area contributed by atoms with Gasteiger partial charge in [0.2, 0.25) is 4.77 Å². The number of rotatable bonds is 6. The minimum Gasteiger partial charge on any atom is -0.283 e. The second-order valence-corrected chi connectivity index (χ2v) is 8.47. The summed E-state index contributed by atoms with van der Waals surface area (Å²) in [4.78, 5) is 6.33. The fourth-order valence-electron chi connectivity index (χ4n) is 3.53. The maximum atomic E-state index is 6.41. The molecular weight excluding hydrogens is 426 g/mol. The summed E-state index contributed by atoms with van der Waals surface area (Å²) >= 11 is 12.3. The van der Waals surface area contributed by atoms with E-state index in [1.54, 1.807) is 12.4 Å². The SMILES string of the molecule is Cc1ccc(CN(C)Cn2nc(-c3ccncc3)n(-c3cccc(Cl)c3C)c2=S)cc1. The minimum absolute atomic E-state index is 0.567. The topological polar surface area (TPSA) is 38.9 Å². The summed E-state index contributed by atoms with van der Waals surface area (Å²) < 4.78 is 4.47. The molecule has 0 atom stereocenters. The molecule has 0 aliphatic rings. The van der Waals surface area contributed by atoms with Gasteiger partial charge in [-0.2, -0.15) is 0 Å². The van der Waals surface area contributed by atoms with Crippen LogP contribution in [0.15, 0.2) is 67.0 Å². The summed E-state index contributed by atoms with van der Waals surface area (Å²) in [5.74, 6) is 0.765. The Morgan fingerprint density at radius 2 is 1.71 bits per heavy atom. The molecule has 0 N–H and O–H groups in total. The Labute approximate surface area is 192 Å².